The lowest BCUT2D eigenvalue weighted by molar-refractivity contribution is -0.114. The van der Waals surface area contributed by atoms with Gasteiger partial charge < -0.3 is 9.84 Å². The third-order valence-corrected chi connectivity index (χ3v) is 4.52. The van der Waals surface area contributed by atoms with Crippen molar-refractivity contribution in [3.05, 3.63) is 28.6 Å². The molecule has 1 amide bonds. The Hall–Kier alpha value is -1.74. The molecule has 2 rings (SSSR count). The lowest BCUT2D eigenvalue weighted by Crippen LogP contribution is -2.09. The highest BCUT2D eigenvalue weighted by atomic mass is 32.2. The second-order valence-electron chi connectivity index (χ2n) is 4.29. The highest BCUT2D eigenvalue weighted by molar-refractivity contribution is 7.89. The maximum absolute atomic E-state index is 12.0. The number of nitrogens with one attached hydrogen (secondary N) is 1. The van der Waals surface area contributed by atoms with Crippen molar-refractivity contribution >= 4 is 32.2 Å². The van der Waals surface area contributed by atoms with Crippen molar-refractivity contribution in [2.75, 3.05) is 5.32 Å². The van der Waals surface area contributed by atoms with Gasteiger partial charge in [-0.25, -0.2) is 13.4 Å². The van der Waals surface area contributed by atoms with Gasteiger partial charge in [-0.2, -0.15) is 0 Å². The lowest BCUT2D eigenvalue weighted by Gasteiger charge is -1.99. The molecule has 9 heteroatoms. The summed E-state index contributed by atoms with van der Waals surface area (Å²) in [4.78, 5) is 14.9. The molecule has 2 heterocycles. The van der Waals surface area contributed by atoms with E-state index >= 15 is 0 Å². The zero-order valence-electron chi connectivity index (χ0n) is 10.9. The van der Waals surface area contributed by atoms with Crippen LogP contribution in [0.2, 0.25) is 0 Å². The number of hydrogen-bond donors (Lipinski definition) is 1. The van der Waals surface area contributed by atoms with Gasteiger partial charge >= 0.3 is 0 Å². The van der Waals surface area contributed by atoms with Crippen molar-refractivity contribution in [2.45, 2.75) is 25.4 Å². The molecule has 0 atom stereocenters. The molecule has 20 heavy (non-hydrogen) atoms. The van der Waals surface area contributed by atoms with Crippen molar-refractivity contribution in [1.82, 2.24) is 10.1 Å². The molecule has 1 N–H and O–H groups in total. The fourth-order valence-corrected chi connectivity index (χ4v) is 3.72. The van der Waals surface area contributed by atoms with Crippen LogP contribution in [0, 0.1) is 6.92 Å². The van der Waals surface area contributed by atoms with Crippen LogP contribution in [0.4, 0.5) is 5.13 Å². The van der Waals surface area contributed by atoms with Crippen molar-refractivity contribution in [3.8, 4) is 0 Å². The summed E-state index contributed by atoms with van der Waals surface area (Å²) < 4.78 is 28.8. The first kappa shape index (κ1) is 14.7. The molecular formula is C11H13N3O4S2. The van der Waals surface area contributed by atoms with E-state index < -0.39 is 9.84 Å². The number of nitrogens with zero attached hydrogens (tertiary/aromatic N) is 2. The van der Waals surface area contributed by atoms with Crippen LogP contribution in [0.3, 0.4) is 0 Å². The van der Waals surface area contributed by atoms with Crippen molar-refractivity contribution in [3.63, 3.8) is 0 Å². The summed E-state index contributed by atoms with van der Waals surface area (Å²) in [7, 11) is -3.38. The fourth-order valence-electron chi connectivity index (χ4n) is 1.57. The Labute approximate surface area is 119 Å². The van der Waals surface area contributed by atoms with Gasteiger partial charge in [-0.3, -0.25) is 4.79 Å². The second-order valence-corrected chi connectivity index (χ2v) is 7.21. The molecule has 108 valence electrons. The van der Waals surface area contributed by atoms with Gasteiger partial charge in [-0.05, 0) is 6.92 Å². The number of amides is 1. The standard InChI is InChI=1S/C11H13N3O4S2/c1-7-3-9(14-18-7)5-20(16,17)6-10-4-19-11(13-10)12-8(2)15/h3-4H,5-6H2,1-2H3,(H,12,13,15). The third kappa shape index (κ3) is 4.14. The molecule has 0 saturated carbocycles. The summed E-state index contributed by atoms with van der Waals surface area (Å²) in [6, 6.07) is 1.58. The van der Waals surface area contributed by atoms with Crippen LogP contribution in [-0.4, -0.2) is 24.5 Å². The first-order chi connectivity index (χ1) is 9.34. The quantitative estimate of drug-likeness (QED) is 0.897. The average molecular weight is 315 g/mol. The number of rotatable bonds is 5. The van der Waals surface area contributed by atoms with Gasteiger partial charge in [-0.1, -0.05) is 5.16 Å². The number of carbonyl (C=O) groups is 1. The van der Waals surface area contributed by atoms with Gasteiger partial charge in [0.1, 0.15) is 5.76 Å². The number of hydrogen-bond acceptors (Lipinski definition) is 7. The Balaban J connectivity index is 2.04. The number of aryl methyl sites for hydroxylation is 1. The molecule has 0 aliphatic heterocycles. The van der Waals surface area contributed by atoms with Crippen LogP contribution in [0.1, 0.15) is 24.1 Å². The molecule has 0 saturated heterocycles. The van der Waals surface area contributed by atoms with Crippen molar-refractivity contribution in [2.24, 2.45) is 0 Å². The molecule has 0 radical (unpaired) electrons. The van der Waals surface area contributed by atoms with E-state index in [1.165, 1.54) is 18.3 Å². The number of carbonyl (C=O) groups excluding carboxylic acids is 1. The van der Waals surface area contributed by atoms with Crippen LogP contribution in [0.5, 0.6) is 0 Å². The summed E-state index contributed by atoms with van der Waals surface area (Å²) in [6.07, 6.45) is 0. The van der Waals surface area contributed by atoms with E-state index in [1.807, 2.05) is 0 Å². The minimum absolute atomic E-state index is 0.197. The Bertz CT molecular complexity index is 718. The van der Waals surface area contributed by atoms with Crippen LogP contribution >= 0.6 is 11.3 Å². The van der Waals surface area contributed by atoms with Gasteiger partial charge in [0.2, 0.25) is 5.91 Å². The van der Waals surface area contributed by atoms with E-state index in [9.17, 15) is 13.2 Å². The Morgan fingerprint density at radius 3 is 2.70 bits per heavy atom. The van der Waals surface area contributed by atoms with Crippen LogP contribution in [0.25, 0.3) is 0 Å². The van der Waals surface area contributed by atoms with Crippen LogP contribution in [-0.2, 0) is 26.1 Å². The smallest absolute Gasteiger partial charge is 0.223 e. The number of thiazole rings is 1. The molecule has 0 aliphatic carbocycles. The van der Waals surface area contributed by atoms with E-state index in [0.29, 0.717) is 22.3 Å². The zero-order valence-corrected chi connectivity index (χ0v) is 12.5. The molecule has 0 unspecified atom stereocenters. The van der Waals surface area contributed by atoms with E-state index in [-0.39, 0.29) is 17.4 Å². The zero-order chi connectivity index (χ0) is 14.8. The highest BCUT2D eigenvalue weighted by Gasteiger charge is 2.17. The Morgan fingerprint density at radius 1 is 1.40 bits per heavy atom. The minimum atomic E-state index is -3.38. The molecule has 2 aromatic heterocycles. The largest absolute Gasteiger partial charge is 0.361 e. The van der Waals surface area contributed by atoms with Gasteiger partial charge in [0.15, 0.2) is 15.0 Å². The van der Waals surface area contributed by atoms with E-state index in [1.54, 1.807) is 18.4 Å². The highest BCUT2D eigenvalue weighted by Crippen LogP contribution is 2.18. The van der Waals surface area contributed by atoms with Gasteiger partial charge in [0.05, 0.1) is 22.9 Å². The Morgan fingerprint density at radius 2 is 2.10 bits per heavy atom. The summed E-state index contributed by atoms with van der Waals surface area (Å²) in [5.41, 5.74) is 0.777. The van der Waals surface area contributed by atoms with E-state index in [4.69, 9.17) is 4.52 Å². The van der Waals surface area contributed by atoms with E-state index in [2.05, 4.69) is 15.5 Å². The molecule has 0 spiro atoms. The number of sulfone groups is 1. The second kappa shape index (κ2) is 5.71. The molecule has 7 nitrogen and oxygen atoms in total. The summed E-state index contributed by atoms with van der Waals surface area (Å²) in [6.45, 7) is 3.06. The van der Waals surface area contributed by atoms with Gasteiger partial charge in [0.25, 0.3) is 0 Å². The summed E-state index contributed by atoms with van der Waals surface area (Å²) in [5, 5.41) is 8.17. The molecule has 0 fully saturated rings. The molecule has 0 aliphatic rings. The van der Waals surface area contributed by atoms with Crippen molar-refractivity contribution in [1.29, 1.82) is 0 Å². The van der Waals surface area contributed by atoms with Crippen molar-refractivity contribution < 1.29 is 17.7 Å². The Kier molecular flexibility index (Phi) is 4.19. The number of anilines is 1. The maximum Gasteiger partial charge on any atom is 0.223 e. The van der Waals surface area contributed by atoms with Crippen LogP contribution in [0.15, 0.2) is 16.0 Å². The monoisotopic (exact) mass is 315 g/mol. The normalized spacial score (nSPS) is 11.5. The van der Waals surface area contributed by atoms with E-state index in [0.717, 1.165) is 0 Å². The van der Waals surface area contributed by atoms with Gasteiger partial charge in [0, 0.05) is 18.4 Å². The van der Waals surface area contributed by atoms with Gasteiger partial charge in [-0.15, -0.1) is 11.3 Å². The predicted molar refractivity (Wildman–Crippen MR) is 74.0 cm³/mol. The molecule has 0 bridgehead atoms. The third-order valence-electron chi connectivity index (χ3n) is 2.25. The first-order valence-electron chi connectivity index (χ1n) is 5.69. The fraction of sp³-hybridized carbons (Fsp3) is 0.364. The minimum Gasteiger partial charge on any atom is -0.361 e. The SMILES string of the molecule is CC(=O)Nc1nc(CS(=O)(=O)Cc2cc(C)on2)cs1. The summed E-state index contributed by atoms with van der Waals surface area (Å²) >= 11 is 1.19. The predicted octanol–water partition coefficient (Wildman–Crippen LogP) is 1.51. The lowest BCUT2D eigenvalue weighted by atomic mass is 10.4. The molecular weight excluding hydrogens is 302 g/mol. The number of aromatic nitrogens is 2. The topological polar surface area (TPSA) is 102 Å². The first-order valence-corrected chi connectivity index (χ1v) is 8.39. The van der Waals surface area contributed by atoms with Crippen LogP contribution < -0.4 is 5.32 Å². The maximum atomic E-state index is 12.0. The molecule has 0 aromatic carbocycles. The average Bonchev–Trinajstić information content (AvgIpc) is 2.86. The molecule has 2 aromatic rings. The summed E-state index contributed by atoms with van der Waals surface area (Å²) in [5.74, 6) is -0.0737.